The maximum atomic E-state index is 13.1. The summed E-state index contributed by atoms with van der Waals surface area (Å²) in [6.45, 7) is 9.45. The summed E-state index contributed by atoms with van der Waals surface area (Å²) in [5.74, 6) is -0.682. The number of aliphatic hydroxyl groups is 1. The number of rotatable bonds is 72. The Kier molecular flexibility index (Phi) is 63.7. The number of carbonyl (C=O) groups excluding carboxylic acids is 4. The Balaban J connectivity index is 5.14. The van der Waals surface area contributed by atoms with E-state index in [1.807, 2.05) is 0 Å². The van der Waals surface area contributed by atoms with Crippen molar-refractivity contribution >= 4 is 39.5 Å². The van der Waals surface area contributed by atoms with Gasteiger partial charge in [0.25, 0.3) is 0 Å². The monoisotopic (exact) mass is 1350 g/mol. The predicted molar refractivity (Wildman–Crippen MR) is 372 cm³/mol. The van der Waals surface area contributed by atoms with E-state index >= 15 is 0 Å². The van der Waals surface area contributed by atoms with Crippen LogP contribution in [0.15, 0.2) is 0 Å². The first kappa shape index (κ1) is 90.1. The molecule has 0 saturated carbocycles. The molecule has 0 aliphatic rings. The quantitative estimate of drug-likeness (QED) is 0.0222. The number of phosphoric ester groups is 2. The van der Waals surface area contributed by atoms with Crippen LogP contribution in [0.5, 0.6) is 0 Å². The van der Waals surface area contributed by atoms with Crippen LogP contribution in [0.4, 0.5) is 0 Å². The SMILES string of the molecule is CCCCCCCCCCCCCCCCCCCCCCCCC(=O)O[C@H](COC(=O)CCCCCCCCCCC(C)CC)COP(=O)(O)OC[C@@H](O)COP(=O)(O)OC[C@@H](COC(=O)CCCCCCCCCCC)OC(=O)CCCCCCCCC(C)C. The third kappa shape index (κ3) is 65.4. The van der Waals surface area contributed by atoms with E-state index in [0.29, 0.717) is 31.6 Å². The van der Waals surface area contributed by atoms with E-state index in [1.165, 1.54) is 193 Å². The molecular formula is C73H142O17P2. The number of phosphoric acid groups is 2. The van der Waals surface area contributed by atoms with Crippen molar-refractivity contribution in [2.75, 3.05) is 39.6 Å². The maximum absolute atomic E-state index is 13.1. The highest BCUT2D eigenvalue weighted by molar-refractivity contribution is 7.47. The van der Waals surface area contributed by atoms with Crippen molar-refractivity contribution in [2.24, 2.45) is 11.8 Å². The Bertz CT molecular complexity index is 1790. The summed E-state index contributed by atoms with van der Waals surface area (Å²) in [4.78, 5) is 72.5. The van der Waals surface area contributed by atoms with Crippen LogP contribution in [0.1, 0.15) is 375 Å². The number of esters is 4. The van der Waals surface area contributed by atoms with Gasteiger partial charge in [0, 0.05) is 25.7 Å². The van der Waals surface area contributed by atoms with Gasteiger partial charge in [-0.2, -0.15) is 0 Å². The summed E-state index contributed by atoms with van der Waals surface area (Å²) in [5.41, 5.74) is 0. The minimum Gasteiger partial charge on any atom is -0.462 e. The number of carbonyl (C=O) groups is 4. The molecule has 3 unspecified atom stereocenters. The molecule has 546 valence electrons. The van der Waals surface area contributed by atoms with Crippen LogP contribution in [0.25, 0.3) is 0 Å². The average molecular weight is 1350 g/mol. The molecule has 0 aromatic heterocycles. The van der Waals surface area contributed by atoms with Crippen LogP contribution in [0.3, 0.4) is 0 Å². The standard InChI is InChI=1S/C73H142O17P2/c1-7-10-12-14-16-18-19-20-21-22-23-24-25-26-27-28-29-30-32-38-45-51-57-72(77)89-68(61-84-71(76)56-50-44-37-34-33-35-42-48-54-66(6)9-3)63-87-91(79,80)85-59-67(74)60-86-92(81,82)88-64-69(90-73(78)58-52-46-40-39-41-47-53-65(4)5)62-83-70(75)55-49-43-36-31-17-15-13-11-8-2/h65-69,74H,7-64H2,1-6H3,(H,79,80)(H,81,82)/t66?,67-,68-,69-/m1/s1. The van der Waals surface area contributed by atoms with Gasteiger partial charge in [0.2, 0.25) is 0 Å². The van der Waals surface area contributed by atoms with E-state index in [0.717, 1.165) is 95.8 Å². The van der Waals surface area contributed by atoms with Gasteiger partial charge in [-0.05, 0) is 37.5 Å². The zero-order valence-corrected chi connectivity index (χ0v) is 61.6. The summed E-state index contributed by atoms with van der Waals surface area (Å²) < 4.78 is 68.3. The van der Waals surface area contributed by atoms with Crippen molar-refractivity contribution in [1.82, 2.24) is 0 Å². The highest BCUT2D eigenvalue weighted by Gasteiger charge is 2.30. The first-order valence-corrected chi connectivity index (χ1v) is 41.0. The third-order valence-corrected chi connectivity index (χ3v) is 19.2. The Labute approximate surface area is 562 Å². The number of aliphatic hydroxyl groups excluding tert-OH is 1. The van der Waals surface area contributed by atoms with Crippen molar-refractivity contribution in [1.29, 1.82) is 0 Å². The lowest BCUT2D eigenvalue weighted by atomic mass is 9.99. The molecule has 0 spiro atoms. The molecule has 17 nitrogen and oxygen atoms in total. The van der Waals surface area contributed by atoms with Gasteiger partial charge in [-0.3, -0.25) is 37.3 Å². The minimum atomic E-state index is -4.95. The lowest BCUT2D eigenvalue weighted by Crippen LogP contribution is -2.30. The number of ether oxygens (including phenoxy) is 4. The molecule has 0 aliphatic heterocycles. The second kappa shape index (κ2) is 65.0. The van der Waals surface area contributed by atoms with Crippen LogP contribution in [0.2, 0.25) is 0 Å². The molecular weight excluding hydrogens is 1210 g/mol. The Morgan fingerprint density at radius 2 is 0.554 bits per heavy atom. The number of hydrogen-bond acceptors (Lipinski definition) is 15. The van der Waals surface area contributed by atoms with Gasteiger partial charge in [0.15, 0.2) is 12.2 Å². The van der Waals surface area contributed by atoms with Crippen molar-refractivity contribution in [3.8, 4) is 0 Å². The van der Waals surface area contributed by atoms with Crippen LogP contribution in [-0.4, -0.2) is 96.7 Å². The molecule has 0 fully saturated rings. The summed E-state index contributed by atoms with van der Waals surface area (Å²) in [6, 6.07) is 0. The van der Waals surface area contributed by atoms with Crippen LogP contribution in [-0.2, 0) is 65.4 Å². The minimum absolute atomic E-state index is 0.102. The Morgan fingerprint density at radius 1 is 0.315 bits per heavy atom. The van der Waals surface area contributed by atoms with Crippen molar-refractivity contribution in [2.45, 2.75) is 394 Å². The van der Waals surface area contributed by atoms with E-state index in [2.05, 4.69) is 41.5 Å². The van der Waals surface area contributed by atoms with E-state index < -0.39 is 97.5 Å². The molecule has 0 aliphatic carbocycles. The highest BCUT2D eigenvalue weighted by atomic mass is 31.2. The zero-order valence-electron chi connectivity index (χ0n) is 59.9. The smallest absolute Gasteiger partial charge is 0.462 e. The van der Waals surface area contributed by atoms with Crippen molar-refractivity contribution in [3.05, 3.63) is 0 Å². The molecule has 0 saturated heterocycles. The second-order valence-corrected chi connectivity index (χ2v) is 30.0. The third-order valence-electron chi connectivity index (χ3n) is 17.3. The van der Waals surface area contributed by atoms with E-state index in [1.54, 1.807) is 0 Å². The summed E-state index contributed by atoms with van der Waals surface area (Å²) in [7, 11) is -9.90. The largest absolute Gasteiger partial charge is 0.472 e. The molecule has 3 N–H and O–H groups in total. The summed E-state index contributed by atoms with van der Waals surface area (Å²) >= 11 is 0. The number of hydrogen-bond donors (Lipinski definition) is 3. The molecule has 0 radical (unpaired) electrons. The lowest BCUT2D eigenvalue weighted by molar-refractivity contribution is -0.161. The molecule has 0 aromatic carbocycles. The van der Waals surface area contributed by atoms with Crippen LogP contribution in [0, 0.1) is 11.8 Å². The van der Waals surface area contributed by atoms with Crippen LogP contribution >= 0.6 is 15.6 Å². The maximum Gasteiger partial charge on any atom is 0.472 e. The van der Waals surface area contributed by atoms with Gasteiger partial charge >= 0.3 is 39.5 Å². The summed E-state index contributed by atoms with van der Waals surface area (Å²) in [6.07, 6.45) is 51.7. The number of unbranched alkanes of at least 4 members (excludes halogenated alkanes) is 41. The first-order chi connectivity index (χ1) is 44.4. The fourth-order valence-electron chi connectivity index (χ4n) is 11.1. The predicted octanol–water partition coefficient (Wildman–Crippen LogP) is 21.2. The van der Waals surface area contributed by atoms with Crippen molar-refractivity contribution in [3.63, 3.8) is 0 Å². The van der Waals surface area contributed by atoms with Gasteiger partial charge < -0.3 is 33.8 Å². The van der Waals surface area contributed by atoms with E-state index in [-0.39, 0.29) is 25.7 Å². The van der Waals surface area contributed by atoms with E-state index in [9.17, 15) is 43.2 Å². The highest BCUT2D eigenvalue weighted by Crippen LogP contribution is 2.45. The fraction of sp³-hybridized carbons (Fsp3) is 0.945. The average Bonchev–Trinajstić information content (AvgIpc) is 3.72. The molecule has 6 atom stereocenters. The van der Waals surface area contributed by atoms with Crippen molar-refractivity contribution < 1.29 is 80.2 Å². The molecule has 0 aromatic rings. The topological polar surface area (TPSA) is 237 Å². The summed E-state index contributed by atoms with van der Waals surface area (Å²) in [5, 5.41) is 10.6. The molecule has 92 heavy (non-hydrogen) atoms. The molecule has 0 rings (SSSR count). The van der Waals surface area contributed by atoms with Gasteiger partial charge in [-0.15, -0.1) is 0 Å². The van der Waals surface area contributed by atoms with Gasteiger partial charge in [0.05, 0.1) is 26.4 Å². The van der Waals surface area contributed by atoms with E-state index in [4.69, 9.17) is 37.0 Å². The molecule has 0 heterocycles. The van der Waals surface area contributed by atoms with Gasteiger partial charge in [0.1, 0.15) is 19.3 Å². The zero-order chi connectivity index (χ0) is 67.9. The second-order valence-electron chi connectivity index (χ2n) is 27.1. The molecule has 19 heteroatoms. The fourth-order valence-corrected chi connectivity index (χ4v) is 12.7. The molecule has 0 bridgehead atoms. The lowest BCUT2D eigenvalue weighted by Gasteiger charge is -2.21. The Hall–Kier alpha value is -1.94. The molecule has 0 amide bonds. The van der Waals surface area contributed by atoms with Gasteiger partial charge in [-0.25, -0.2) is 9.13 Å². The Morgan fingerprint density at radius 3 is 0.826 bits per heavy atom. The van der Waals surface area contributed by atoms with Crippen LogP contribution < -0.4 is 0 Å². The first-order valence-electron chi connectivity index (χ1n) is 38.0. The van der Waals surface area contributed by atoms with Gasteiger partial charge in [-0.1, -0.05) is 324 Å². The normalized spacial score (nSPS) is 14.4.